The maximum Gasteiger partial charge on any atom is 0.190 e. The van der Waals surface area contributed by atoms with Crippen LogP contribution in [-0.4, -0.2) is 4.57 Å². The largest absolute Gasteiger partial charge is 1.00 e. The van der Waals surface area contributed by atoms with E-state index < -0.39 is 0 Å². The van der Waals surface area contributed by atoms with Crippen LogP contribution in [0.2, 0.25) is 5.02 Å². The second kappa shape index (κ2) is 8.47. The van der Waals surface area contributed by atoms with Gasteiger partial charge in [0, 0.05) is 16.4 Å². The molecule has 0 bridgehead atoms. The first-order valence-electron chi connectivity index (χ1n) is 7.36. The van der Waals surface area contributed by atoms with Gasteiger partial charge in [-0.25, -0.2) is 4.99 Å². The minimum absolute atomic E-state index is 0. The highest BCUT2D eigenvalue weighted by Gasteiger charge is 2.12. The zero-order valence-electron chi connectivity index (χ0n) is 13.2. The van der Waals surface area contributed by atoms with E-state index in [0.717, 1.165) is 21.1 Å². The molecule has 0 aliphatic carbocycles. The van der Waals surface area contributed by atoms with E-state index in [2.05, 4.69) is 18.1 Å². The van der Waals surface area contributed by atoms with Gasteiger partial charge < -0.3 is 21.5 Å². The summed E-state index contributed by atoms with van der Waals surface area (Å²) in [7, 11) is 0. The van der Waals surface area contributed by atoms with E-state index in [1.165, 1.54) is 10.6 Å². The van der Waals surface area contributed by atoms with Gasteiger partial charge in [0.1, 0.15) is 0 Å². The predicted molar refractivity (Wildman–Crippen MR) is 99.4 cm³/mol. The van der Waals surface area contributed by atoms with Crippen molar-refractivity contribution in [1.29, 1.82) is 0 Å². The highest BCUT2D eigenvalue weighted by Crippen LogP contribution is 2.27. The number of hydrogen-bond donors (Lipinski definition) is 0. The third-order valence-electron chi connectivity index (χ3n) is 3.49. The summed E-state index contributed by atoms with van der Waals surface area (Å²) in [6.45, 7) is 6.72. The zero-order valence-corrected chi connectivity index (χ0v) is 16.4. The van der Waals surface area contributed by atoms with E-state index in [9.17, 15) is 0 Å². The van der Waals surface area contributed by atoms with Crippen molar-refractivity contribution < 1.29 is 17.0 Å². The second-order valence-electron chi connectivity index (χ2n) is 5.14. The van der Waals surface area contributed by atoms with Crippen LogP contribution in [-0.2, 0) is 6.54 Å². The van der Waals surface area contributed by atoms with Crippen molar-refractivity contribution in [3.05, 3.63) is 82.0 Å². The normalized spacial score (nSPS) is 11.2. The van der Waals surface area contributed by atoms with E-state index in [-0.39, 0.29) is 17.0 Å². The minimum Gasteiger partial charge on any atom is -1.00 e. The number of aryl methyl sites for hydroxylation is 1. The third kappa shape index (κ3) is 4.07. The Balaban J connectivity index is 0.00000208. The Hall–Kier alpha value is -1.62. The van der Waals surface area contributed by atoms with Crippen molar-refractivity contribution in [1.82, 2.24) is 4.57 Å². The Morgan fingerprint density at radius 2 is 1.79 bits per heavy atom. The van der Waals surface area contributed by atoms with E-state index >= 15 is 0 Å². The Morgan fingerprint density at radius 1 is 1.12 bits per heavy atom. The van der Waals surface area contributed by atoms with E-state index in [0.29, 0.717) is 6.54 Å². The smallest absolute Gasteiger partial charge is 0.190 e. The van der Waals surface area contributed by atoms with Crippen molar-refractivity contribution in [3.8, 4) is 11.3 Å². The maximum atomic E-state index is 6.01. The molecular formula is C19H17BrClN2S-. The fourth-order valence-electron chi connectivity index (χ4n) is 2.49. The molecule has 3 rings (SSSR count). The first-order chi connectivity index (χ1) is 11.2. The van der Waals surface area contributed by atoms with Crippen molar-refractivity contribution >= 4 is 28.6 Å². The van der Waals surface area contributed by atoms with Gasteiger partial charge in [-0.1, -0.05) is 48.0 Å². The Bertz CT molecular complexity index is 880. The zero-order chi connectivity index (χ0) is 16.2. The molecule has 0 saturated heterocycles. The van der Waals surface area contributed by atoms with E-state index in [1.54, 1.807) is 11.3 Å². The summed E-state index contributed by atoms with van der Waals surface area (Å²) in [5.41, 5.74) is 3.26. The van der Waals surface area contributed by atoms with Crippen molar-refractivity contribution in [2.45, 2.75) is 13.5 Å². The molecule has 24 heavy (non-hydrogen) atoms. The summed E-state index contributed by atoms with van der Waals surface area (Å²) in [6.07, 6.45) is 1.90. The Morgan fingerprint density at radius 3 is 2.42 bits per heavy atom. The molecule has 0 spiro atoms. The van der Waals surface area contributed by atoms with Crippen LogP contribution in [0.5, 0.6) is 0 Å². The molecule has 0 atom stereocenters. The van der Waals surface area contributed by atoms with Gasteiger partial charge in [0.05, 0.1) is 11.4 Å². The second-order valence-corrected chi connectivity index (χ2v) is 6.76. The van der Waals surface area contributed by atoms with Gasteiger partial charge >= 0.3 is 0 Å². The van der Waals surface area contributed by atoms with Crippen LogP contribution in [0.4, 0.5) is 5.69 Å². The van der Waals surface area contributed by atoms with Crippen LogP contribution in [0.3, 0.4) is 0 Å². The topological polar surface area (TPSA) is 17.3 Å². The van der Waals surface area contributed by atoms with Gasteiger partial charge in [-0.3, -0.25) is 0 Å². The molecule has 1 aromatic heterocycles. The lowest BCUT2D eigenvalue weighted by molar-refractivity contribution is -0.00000451. The van der Waals surface area contributed by atoms with Crippen molar-refractivity contribution in [2.24, 2.45) is 4.99 Å². The summed E-state index contributed by atoms with van der Waals surface area (Å²) < 4.78 is 2.20. The Kier molecular flexibility index (Phi) is 6.60. The number of allylic oxidation sites excluding steroid dienone is 1. The number of aromatic nitrogens is 1. The average molecular weight is 421 g/mol. The minimum atomic E-state index is 0. The molecule has 0 saturated carbocycles. The van der Waals surface area contributed by atoms with Crippen LogP contribution in [0, 0.1) is 6.92 Å². The van der Waals surface area contributed by atoms with Gasteiger partial charge in [0.2, 0.25) is 0 Å². The van der Waals surface area contributed by atoms with Crippen LogP contribution in [0.25, 0.3) is 11.3 Å². The summed E-state index contributed by atoms with van der Waals surface area (Å²) in [5, 5.41) is 0.742. The third-order valence-corrected chi connectivity index (χ3v) is 4.73. The molecular weight excluding hydrogens is 404 g/mol. The van der Waals surface area contributed by atoms with E-state index in [4.69, 9.17) is 16.6 Å². The lowest BCUT2D eigenvalue weighted by Crippen LogP contribution is -3.00. The number of para-hydroxylation sites is 1. The quantitative estimate of drug-likeness (QED) is 0.577. The number of halogens is 2. The van der Waals surface area contributed by atoms with Crippen molar-refractivity contribution in [3.63, 3.8) is 0 Å². The molecule has 0 N–H and O–H groups in total. The summed E-state index contributed by atoms with van der Waals surface area (Å²) >= 11 is 7.70. The standard InChI is InChI=1S/C19H17ClN2S.BrH/c1-3-13-22-18(15-9-11-16(20)12-10-15)14(2)23-19(22)21-17-7-5-4-6-8-17;/h3-12H,1,13H2,2H3;1H/p-1. The molecule has 0 aliphatic heterocycles. The molecule has 0 aliphatic rings. The van der Waals surface area contributed by atoms with Crippen LogP contribution < -0.4 is 21.8 Å². The number of thiazole rings is 1. The molecule has 2 nitrogen and oxygen atoms in total. The summed E-state index contributed by atoms with van der Waals surface area (Å²) in [5.74, 6) is 0. The molecule has 0 radical (unpaired) electrons. The molecule has 5 heteroatoms. The van der Waals surface area contributed by atoms with Crippen LogP contribution >= 0.6 is 22.9 Å². The number of nitrogens with zero attached hydrogens (tertiary/aromatic N) is 2. The SMILES string of the molecule is C=CCn1c(-c2ccc(Cl)cc2)c(C)sc1=Nc1ccccc1.[Br-]. The average Bonchev–Trinajstić information content (AvgIpc) is 2.85. The van der Waals surface area contributed by atoms with Crippen molar-refractivity contribution in [2.75, 3.05) is 0 Å². The van der Waals surface area contributed by atoms with Gasteiger partial charge in [0.15, 0.2) is 4.80 Å². The maximum absolute atomic E-state index is 6.01. The lowest BCUT2D eigenvalue weighted by atomic mass is 10.1. The monoisotopic (exact) mass is 419 g/mol. The van der Waals surface area contributed by atoms with E-state index in [1.807, 2.05) is 60.7 Å². The van der Waals surface area contributed by atoms with Crippen LogP contribution in [0.1, 0.15) is 4.88 Å². The molecule has 2 aromatic carbocycles. The first kappa shape index (κ1) is 18.7. The van der Waals surface area contributed by atoms with Gasteiger partial charge in [-0.05, 0) is 36.8 Å². The summed E-state index contributed by atoms with van der Waals surface area (Å²) in [6, 6.07) is 17.9. The molecule has 3 aromatic rings. The lowest BCUT2D eigenvalue weighted by Gasteiger charge is -2.08. The molecule has 0 amide bonds. The molecule has 0 fully saturated rings. The fraction of sp³-hybridized carbons (Fsp3) is 0.105. The number of rotatable bonds is 4. The first-order valence-corrected chi connectivity index (χ1v) is 8.55. The van der Waals surface area contributed by atoms with Gasteiger partial charge in [-0.15, -0.1) is 17.9 Å². The van der Waals surface area contributed by atoms with Gasteiger partial charge in [-0.2, -0.15) is 0 Å². The predicted octanol–water partition coefficient (Wildman–Crippen LogP) is 2.60. The molecule has 1 heterocycles. The van der Waals surface area contributed by atoms with Crippen LogP contribution in [0.15, 0.2) is 72.2 Å². The number of benzene rings is 2. The van der Waals surface area contributed by atoms with Gasteiger partial charge in [0.25, 0.3) is 0 Å². The fourth-order valence-corrected chi connectivity index (χ4v) is 3.64. The number of hydrogen-bond acceptors (Lipinski definition) is 2. The molecule has 0 unspecified atom stereocenters. The Labute approximate surface area is 161 Å². The molecule has 124 valence electrons. The summed E-state index contributed by atoms with van der Waals surface area (Å²) in [4.78, 5) is 6.99. The highest BCUT2D eigenvalue weighted by atomic mass is 79.9. The highest BCUT2D eigenvalue weighted by molar-refractivity contribution is 7.09.